The number of hydrogen-bond donors (Lipinski definition) is 1. The first-order valence-corrected chi connectivity index (χ1v) is 15.1. The van der Waals surface area contributed by atoms with Crippen molar-refractivity contribution in [1.29, 1.82) is 0 Å². The number of esters is 2. The van der Waals surface area contributed by atoms with E-state index in [-0.39, 0.29) is 41.1 Å². The summed E-state index contributed by atoms with van der Waals surface area (Å²) in [7, 11) is 2.97. The van der Waals surface area contributed by atoms with E-state index in [2.05, 4.69) is 9.97 Å². The van der Waals surface area contributed by atoms with E-state index in [1.54, 1.807) is 59.1 Å². The van der Waals surface area contributed by atoms with Gasteiger partial charge in [0.2, 0.25) is 0 Å². The van der Waals surface area contributed by atoms with Gasteiger partial charge < -0.3 is 33.5 Å². The van der Waals surface area contributed by atoms with Crippen LogP contribution in [0.3, 0.4) is 0 Å². The van der Waals surface area contributed by atoms with Crippen LogP contribution < -0.4 is 18.9 Å². The molecular formula is C33H38ClN3O11. The molecule has 0 saturated heterocycles. The van der Waals surface area contributed by atoms with Crippen LogP contribution in [0.25, 0.3) is 10.9 Å². The summed E-state index contributed by atoms with van der Waals surface area (Å²) >= 11 is 5.97. The zero-order valence-electron chi connectivity index (χ0n) is 27.7. The number of phenolic OH excluding ortho intramolecular Hbond substituents is 1. The molecule has 1 heterocycles. The highest BCUT2D eigenvalue weighted by Gasteiger charge is 2.25. The van der Waals surface area contributed by atoms with Crippen LogP contribution in [0.4, 0.5) is 5.69 Å². The fraction of sp³-hybridized carbons (Fsp3) is 0.333. The average Bonchev–Trinajstić information content (AvgIpc) is 3.06. The van der Waals surface area contributed by atoms with Crippen LogP contribution in [0.15, 0.2) is 48.8 Å². The molecule has 3 aromatic carbocycles. The number of benzene rings is 3. The van der Waals surface area contributed by atoms with Crippen LogP contribution in [-0.4, -0.2) is 72.6 Å². The summed E-state index contributed by atoms with van der Waals surface area (Å²) in [5.41, 5.74) is 1.35. The number of nitro benzene ring substituents is 1. The van der Waals surface area contributed by atoms with Gasteiger partial charge in [0, 0.05) is 17.5 Å². The number of halogens is 1. The zero-order valence-corrected chi connectivity index (χ0v) is 28.5. The van der Waals surface area contributed by atoms with Crippen LogP contribution in [0.1, 0.15) is 54.0 Å². The molecule has 4 rings (SSSR count). The SMILES string of the molecule is CCOC(=O)c1cc(OC)c(OCC)cc1[N+](=O)[O-].CCOC(=O)c1ccc(O)c(C)c1.CCOc1cc2ncnc(Cl)c2cc1OC. The normalized spacial score (nSPS) is 10.0. The topological polar surface area (TPSA) is 179 Å². The Hall–Kier alpha value is -5.37. The molecule has 48 heavy (non-hydrogen) atoms. The fourth-order valence-corrected chi connectivity index (χ4v) is 4.15. The molecule has 0 aliphatic carbocycles. The molecule has 0 amide bonds. The molecule has 0 atom stereocenters. The highest BCUT2D eigenvalue weighted by atomic mass is 35.5. The van der Waals surface area contributed by atoms with Crippen molar-refractivity contribution < 1.29 is 48.0 Å². The predicted octanol–water partition coefficient (Wildman–Crippen LogP) is 6.75. The second-order valence-corrected chi connectivity index (χ2v) is 9.63. The largest absolute Gasteiger partial charge is 0.508 e. The van der Waals surface area contributed by atoms with E-state index in [0.717, 1.165) is 17.0 Å². The van der Waals surface area contributed by atoms with Gasteiger partial charge in [-0.05, 0) is 64.4 Å². The average molecular weight is 688 g/mol. The number of phenols is 1. The first-order valence-electron chi connectivity index (χ1n) is 14.7. The molecule has 0 fully saturated rings. The Morgan fingerprint density at radius 1 is 0.812 bits per heavy atom. The van der Waals surface area contributed by atoms with Crippen molar-refractivity contribution in [1.82, 2.24) is 9.97 Å². The lowest BCUT2D eigenvalue weighted by Crippen LogP contribution is -2.09. The Kier molecular flexibility index (Phi) is 15.6. The smallest absolute Gasteiger partial charge is 0.345 e. The molecule has 0 spiro atoms. The van der Waals surface area contributed by atoms with Crippen LogP contribution in [0.5, 0.6) is 28.7 Å². The molecule has 258 valence electrons. The molecule has 15 heteroatoms. The third-order valence-electron chi connectivity index (χ3n) is 6.15. The molecular weight excluding hydrogens is 650 g/mol. The lowest BCUT2D eigenvalue weighted by molar-refractivity contribution is -0.385. The van der Waals surface area contributed by atoms with Gasteiger partial charge in [0.25, 0.3) is 5.69 Å². The van der Waals surface area contributed by atoms with Gasteiger partial charge in [-0.2, -0.15) is 0 Å². The van der Waals surface area contributed by atoms with E-state index in [4.69, 9.17) is 40.0 Å². The lowest BCUT2D eigenvalue weighted by atomic mass is 10.1. The summed E-state index contributed by atoms with van der Waals surface area (Å²) in [6, 6.07) is 10.6. The molecule has 1 N–H and O–H groups in total. The summed E-state index contributed by atoms with van der Waals surface area (Å²) in [5, 5.41) is 21.4. The molecule has 14 nitrogen and oxygen atoms in total. The number of aromatic nitrogens is 2. The number of ether oxygens (including phenoxy) is 6. The van der Waals surface area contributed by atoms with Gasteiger partial charge in [-0.15, -0.1) is 0 Å². The van der Waals surface area contributed by atoms with Gasteiger partial charge in [0.15, 0.2) is 23.0 Å². The van der Waals surface area contributed by atoms with Crippen molar-refractivity contribution in [3.63, 3.8) is 0 Å². The molecule has 4 aromatic rings. The molecule has 0 saturated carbocycles. The molecule has 0 bridgehead atoms. The Labute approximate surface area is 282 Å². The summed E-state index contributed by atoms with van der Waals surface area (Å²) < 4.78 is 30.5. The van der Waals surface area contributed by atoms with Crippen molar-refractivity contribution in [2.45, 2.75) is 34.6 Å². The van der Waals surface area contributed by atoms with Gasteiger partial charge in [-0.1, -0.05) is 11.6 Å². The standard InChI is InChI=1S/C12H15NO6.C11H11ClN2O2.C10H12O3/c1-4-18-11-7-9(13(15)16)8(6-10(11)17-3)12(14)19-5-2;1-3-16-10-5-8-7(4-9(10)15-2)11(12)14-6-13-8;1-3-13-10(12)8-4-5-9(11)7(2)6-8/h6-7H,4-5H2,1-3H3;4-6H,3H2,1-2H3;4-6,11H,3H2,1-2H3. The van der Waals surface area contributed by atoms with Crippen molar-refractivity contribution in [2.75, 3.05) is 40.6 Å². The number of nitro groups is 1. The molecule has 0 aliphatic heterocycles. The van der Waals surface area contributed by atoms with Crippen LogP contribution >= 0.6 is 11.6 Å². The fourth-order valence-electron chi connectivity index (χ4n) is 3.96. The van der Waals surface area contributed by atoms with Crippen LogP contribution in [-0.2, 0) is 9.47 Å². The van der Waals surface area contributed by atoms with Gasteiger partial charge >= 0.3 is 11.9 Å². The van der Waals surface area contributed by atoms with E-state index in [0.29, 0.717) is 47.6 Å². The van der Waals surface area contributed by atoms with E-state index in [1.807, 2.05) is 6.92 Å². The zero-order chi connectivity index (χ0) is 35.8. The Morgan fingerprint density at radius 2 is 1.40 bits per heavy atom. The molecule has 0 unspecified atom stereocenters. The lowest BCUT2D eigenvalue weighted by Gasteiger charge is -2.11. The van der Waals surface area contributed by atoms with Gasteiger partial charge in [-0.3, -0.25) is 10.1 Å². The molecule has 1 aromatic heterocycles. The summed E-state index contributed by atoms with van der Waals surface area (Å²) in [6.45, 7) is 10.1. The maximum absolute atomic E-state index is 11.7. The van der Waals surface area contributed by atoms with Crippen LogP contribution in [0.2, 0.25) is 5.15 Å². The van der Waals surface area contributed by atoms with Gasteiger partial charge in [0.1, 0.15) is 22.8 Å². The number of fused-ring (bicyclic) bond motifs is 1. The van der Waals surface area contributed by atoms with Crippen molar-refractivity contribution in [3.8, 4) is 28.7 Å². The Balaban J connectivity index is 0.000000254. The minimum absolute atomic E-state index is 0.130. The second-order valence-electron chi connectivity index (χ2n) is 9.27. The van der Waals surface area contributed by atoms with Crippen LogP contribution in [0, 0.1) is 17.0 Å². The number of aryl methyl sites for hydroxylation is 1. The summed E-state index contributed by atoms with van der Waals surface area (Å²) in [5.74, 6) is 0.813. The number of methoxy groups -OCH3 is 2. The van der Waals surface area contributed by atoms with Crippen molar-refractivity contribution in [3.05, 3.63) is 80.7 Å². The van der Waals surface area contributed by atoms with Gasteiger partial charge in [-0.25, -0.2) is 19.6 Å². The number of rotatable bonds is 11. The number of hydrogen-bond acceptors (Lipinski definition) is 13. The van der Waals surface area contributed by atoms with E-state index < -0.39 is 10.9 Å². The van der Waals surface area contributed by atoms with E-state index in [1.165, 1.54) is 25.6 Å². The third kappa shape index (κ3) is 10.6. The van der Waals surface area contributed by atoms with E-state index in [9.17, 15) is 24.8 Å². The monoisotopic (exact) mass is 687 g/mol. The Bertz CT molecular complexity index is 1720. The summed E-state index contributed by atoms with van der Waals surface area (Å²) in [4.78, 5) is 41.3. The van der Waals surface area contributed by atoms with E-state index >= 15 is 0 Å². The highest BCUT2D eigenvalue weighted by molar-refractivity contribution is 6.34. The number of nitrogens with zero attached hydrogens (tertiary/aromatic N) is 3. The minimum Gasteiger partial charge on any atom is -0.508 e. The first-order chi connectivity index (χ1) is 22.9. The number of carbonyl (C=O) groups is 2. The summed E-state index contributed by atoms with van der Waals surface area (Å²) in [6.07, 6.45) is 1.42. The molecule has 0 radical (unpaired) electrons. The quantitative estimate of drug-likeness (QED) is 0.0758. The van der Waals surface area contributed by atoms with Crippen molar-refractivity contribution >= 4 is 40.1 Å². The van der Waals surface area contributed by atoms with Gasteiger partial charge in [0.05, 0.1) is 62.7 Å². The highest BCUT2D eigenvalue weighted by Crippen LogP contribution is 2.35. The third-order valence-corrected chi connectivity index (χ3v) is 6.45. The second kappa shape index (κ2) is 19.3. The number of carbonyl (C=O) groups excluding carboxylic acids is 2. The molecule has 0 aliphatic rings. The maximum atomic E-state index is 11.7. The minimum atomic E-state index is -0.768. The first kappa shape index (κ1) is 38.8. The number of aromatic hydroxyl groups is 1. The van der Waals surface area contributed by atoms with Crippen molar-refractivity contribution in [2.24, 2.45) is 0 Å². The maximum Gasteiger partial charge on any atom is 0.345 e. The Morgan fingerprint density at radius 3 is 1.94 bits per heavy atom. The predicted molar refractivity (Wildman–Crippen MR) is 178 cm³/mol.